The maximum atomic E-state index is 13.4. The topological polar surface area (TPSA) is 44.5 Å². The predicted molar refractivity (Wildman–Crippen MR) is 57.1 cm³/mol. The second-order valence-corrected chi connectivity index (χ2v) is 3.49. The average Bonchev–Trinajstić information content (AvgIpc) is 2.20. The monoisotopic (exact) mass is 233 g/mol. The number of methoxy groups -OCH3 is 2. The van der Waals surface area contributed by atoms with E-state index in [4.69, 9.17) is 26.8 Å². The van der Waals surface area contributed by atoms with Crippen molar-refractivity contribution in [2.75, 3.05) is 14.2 Å². The molecule has 0 amide bonds. The normalized spacial score (nSPS) is 12.4. The molecule has 2 N–H and O–H groups in total. The summed E-state index contributed by atoms with van der Waals surface area (Å²) in [7, 11) is 2.88. The van der Waals surface area contributed by atoms with Crippen LogP contribution in [-0.4, -0.2) is 14.2 Å². The van der Waals surface area contributed by atoms with E-state index in [0.29, 0.717) is 11.3 Å². The Hall–Kier alpha value is -1.00. The molecule has 0 fully saturated rings. The molecular formula is C10H13ClFNO2. The van der Waals surface area contributed by atoms with Gasteiger partial charge in [-0.25, -0.2) is 4.39 Å². The standard InChI is InChI=1S/C10H13ClFNO2/c1-5(13)8-9(11)6(12)4-7(14-2)10(8)15-3/h4-5H,13H2,1-3H3. The Morgan fingerprint density at radius 2 is 2.00 bits per heavy atom. The van der Waals surface area contributed by atoms with Crippen LogP contribution in [0.25, 0.3) is 0 Å². The third-order valence-corrected chi connectivity index (χ3v) is 2.44. The number of benzene rings is 1. The van der Waals surface area contributed by atoms with Crippen LogP contribution in [0.15, 0.2) is 6.07 Å². The molecule has 1 unspecified atom stereocenters. The Morgan fingerprint density at radius 3 is 2.40 bits per heavy atom. The molecule has 0 heterocycles. The van der Waals surface area contributed by atoms with Gasteiger partial charge in [0.05, 0.1) is 19.2 Å². The molecule has 1 aromatic carbocycles. The fourth-order valence-corrected chi connectivity index (χ4v) is 1.69. The second-order valence-electron chi connectivity index (χ2n) is 3.11. The SMILES string of the molecule is COc1cc(F)c(Cl)c(C(C)N)c1OC. The number of hydrogen-bond donors (Lipinski definition) is 1. The molecule has 84 valence electrons. The minimum atomic E-state index is -0.568. The second kappa shape index (κ2) is 4.68. The molecule has 0 spiro atoms. The van der Waals surface area contributed by atoms with Crippen molar-refractivity contribution < 1.29 is 13.9 Å². The van der Waals surface area contributed by atoms with Crippen LogP contribution in [-0.2, 0) is 0 Å². The van der Waals surface area contributed by atoms with E-state index in [1.807, 2.05) is 0 Å². The molecule has 15 heavy (non-hydrogen) atoms. The summed E-state index contributed by atoms with van der Waals surface area (Å²) < 4.78 is 23.5. The Bertz CT molecular complexity index is 369. The molecule has 0 aliphatic carbocycles. The van der Waals surface area contributed by atoms with Gasteiger partial charge in [0.25, 0.3) is 0 Å². The van der Waals surface area contributed by atoms with Crippen molar-refractivity contribution in [1.82, 2.24) is 0 Å². The molecule has 0 aromatic heterocycles. The fraction of sp³-hybridized carbons (Fsp3) is 0.400. The van der Waals surface area contributed by atoms with Gasteiger partial charge >= 0.3 is 0 Å². The van der Waals surface area contributed by atoms with Crippen molar-refractivity contribution in [3.8, 4) is 11.5 Å². The summed E-state index contributed by atoms with van der Waals surface area (Å²) in [6, 6.07) is 0.740. The summed E-state index contributed by atoms with van der Waals surface area (Å²) in [5, 5.41) is -0.0253. The minimum Gasteiger partial charge on any atom is -0.493 e. The van der Waals surface area contributed by atoms with Gasteiger partial charge in [0, 0.05) is 17.7 Å². The molecule has 0 saturated carbocycles. The molecular weight excluding hydrogens is 221 g/mol. The lowest BCUT2D eigenvalue weighted by molar-refractivity contribution is 0.347. The number of nitrogens with two attached hydrogens (primary N) is 1. The van der Waals surface area contributed by atoms with Gasteiger partial charge in [0.15, 0.2) is 11.5 Å². The number of ether oxygens (including phenoxy) is 2. The van der Waals surface area contributed by atoms with Crippen molar-refractivity contribution in [1.29, 1.82) is 0 Å². The van der Waals surface area contributed by atoms with Gasteiger partial charge in [-0.1, -0.05) is 11.6 Å². The number of hydrogen-bond acceptors (Lipinski definition) is 3. The van der Waals surface area contributed by atoms with E-state index < -0.39 is 11.9 Å². The molecule has 5 heteroatoms. The van der Waals surface area contributed by atoms with Gasteiger partial charge in [-0.15, -0.1) is 0 Å². The highest BCUT2D eigenvalue weighted by atomic mass is 35.5. The first-order valence-electron chi connectivity index (χ1n) is 4.38. The summed E-state index contributed by atoms with van der Waals surface area (Å²) in [4.78, 5) is 0. The van der Waals surface area contributed by atoms with Crippen LogP contribution in [0.3, 0.4) is 0 Å². The molecule has 1 rings (SSSR count). The van der Waals surface area contributed by atoms with Crippen LogP contribution in [0.1, 0.15) is 18.5 Å². The summed E-state index contributed by atoms with van der Waals surface area (Å²) in [5.74, 6) is 0.0900. The maximum absolute atomic E-state index is 13.4. The quantitative estimate of drug-likeness (QED) is 0.873. The van der Waals surface area contributed by atoms with Crippen LogP contribution in [0, 0.1) is 5.82 Å². The van der Waals surface area contributed by atoms with Gasteiger partial charge in [-0.3, -0.25) is 0 Å². The third kappa shape index (κ3) is 2.16. The number of halogens is 2. The summed E-state index contributed by atoms with van der Waals surface area (Å²) in [5.41, 5.74) is 6.11. The fourth-order valence-electron chi connectivity index (χ4n) is 1.37. The zero-order valence-electron chi connectivity index (χ0n) is 8.80. The smallest absolute Gasteiger partial charge is 0.167 e. The Balaban J connectivity index is 3.49. The van der Waals surface area contributed by atoms with E-state index in [1.165, 1.54) is 20.3 Å². The zero-order valence-corrected chi connectivity index (χ0v) is 9.56. The van der Waals surface area contributed by atoms with E-state index in [0.717, 1.165) is 0 Å². The van der Waals surface area contributed by atoms with Gasteiger partial charge in [-0.05, 0) is 6.92 Å². The van der Waals surface area contributed by atoms with Crippen LogP contribution < -0.4 is 15.2 Å². The lowest BCUT2D eigenvalue weighted by Crippen LogP contribution is -2.09. The highest BCUT2D eigenvalue weighted by Gasteiger charge is 2.20. The van der Waals surface area contributed by atoms with Gasteiger partial charge in [-0.2, -0.15) is 0 Å². The van der Waals surface area contributed by atoms with Crippen molar-refractivity contribution in [2.45, 2.75) is 13.0 Å². The molecule has 1 atom stereocenters. The summed E-state index contributed by atoms with van der Waals surface area (Å²) in [6.07, 6.45) is 0. The van der Waals surface area contributed by atoms with Gasteiger partial charge in [0.2, 0.25) is 0 Å². The van der Waals surface area contributed by atoms with Crippen LogP contribution in [0.2, 0.25) is 5.02 Å². The van der Waals surface area contributed by atoms with Crippen molar-refractivity contribution in [3.63, 3.8) is 0 Å². The molecule has 3 nitrogen and oxygen atoms in total. The van der Waals surface area contributed by atoms with E-state index in [9.17, 15) is 4.39 Å². The van der Waals surface area contributed by atoms with E-state index in [2.05, 4.69) is 0 Å². The highest BCUT2D eigenvalue weighted by molar-refractivity contribution is 6.31. The van der Waals surface area contributed by atoms with E-state index in [-0.39, 0.29) is 10.8 Å². The van der Waals surface area contributed by atoms with Crippen molar-refractivity contribution in [2.24, 2.45) is 5.73 Å². The van der Waals surface area contributed by atoms with Crippen LogP contribution in [0.4, 0.5) is 4.39 Å². The van der Waals surface area contributed by atoms with Gasteiger partial charge in [0.1, 0.15) is 5.82 Å². The van der Waals surface area contributed by atoms with E-state index >= 15 is 0 Å². The number of rotatable bonds is 3. The molecule has 0 bridgehead atoms. The average molecular weight is 234 g/mol. The third-order valence-electron chi connectivity index (χ3n) is 2.05. The summed E-state index contributed by atoms with van der Waals surface area (Å²) >= 11 is 5.81. The Kier molecular flexibility index (Phi) is 3.77. The van der Waals surface area contributed by atoms with Crippen molar-refractivity contribution in [3.05, 3.63) is 22.5 Å². The predicted octanol–water partition coefficient (Wildman–Crippen LogP) is 2.52. The highest BCUT2D eigenvalue weighted by Crippen LogP contribution is 2.40. The van der Waals surface area contributed by atoms with Crippen LogP contribution >= 0.6 is 11.6 Å². The van der Waals surface area contributed by atoms with Crippen LogP contribution in [0.5, 0.6) is 11.5 Å². The first kappa shape index (κ1) is 12.1. The lowest BCUT2D eigenvalue weighted by Gasteiger charge is -2.17. The molecule has 0 aliphatic rings. The largest absolute Gasteiger partial charge is 0.493 e. The summed E-state index contributed by atoms with van der Waals surface area (Å²) in [6.45, 7) is 1.70. The molecule has 0 saturated heterocycles. The Labute approximate surface area is 92.9 Å². The zero-order chi connectivity index (χ0) is 11.6. The first-order valence-corrected chi connectivity index (χ1v) is 4.76. The molecule has 0 aliphatic heterocycles. The minimum absolute atomic E-state index is 0.0253. The maximum Gasteiger partial charge on any atom is 0.167 e. The lowest BCUT2D eigenvalue weighted by atomic mass is 10.1. The first-order chi connectivity index (χ1) is 7.02. The van der Waals surface area contributed by atoms with Crippen molar-refractivity contribution >= 4 is 11.6 Å². The van der Waals surface area contributed by atoms with E-state index in [1.54, 1.807) is 6.92 Å². The molecule has 1 aromatic rings. The Morgan fingerprint density at radius 1 is 1.40 bits per heavy atom. The van der Waals surface area contributed by atoms with Gasteiger partial charge < -0.3 is 15.2 Å². The molecule has 0 radical (unpaired) electrons.